The molecule has 0 bridgehead atoms. The highest BCUT2D eigenvalue weighted by atomic mass is 35.5. The van der Waals surface area contributed by atoms with Crippen LogP contribution in [0.25, 0.3) is 0 Å². The van der Waals surface area contributed by atoms with Crippen molar-refractivity contribution in [3.8, 4) is 0 Å². The second-order valence-electron chi connectivity index (χ2n) is 6.65. The van der Waals surface area contributed by atoms with E-state index in [0.717, 1.165) is 24.2 Å². The minimum atomic E-state index is -0.218. The zero-order valence-corrected chi connectivity index (χ0v) is 16.1. The number of nitrogens with zero attached hydrogens (tertiary/aromatic N) is 1. The van der Waals surface area contributed by atoms with Crippen LogP contribution in [-0.4, -0.2) is 16.7 Å². The Morgan fingerprint density at radius 1 is 0.607 bits per heavy atom. The lowest BCUT2D eigenvalue weighted by atomic mass is 10.1. The number of imide groups is 1. The van der Waals surface area contributed by atoms with Crippen LogP contribution in [0.5, 0.6) is 0 Å². The molecule has 28 heavy (non-hydrogen) atoms. The molecule has 0 spiro atoms. The summed E-state index contributed by atoms with van der Waals surface area (Å²) in [6.45, 7) is 1.88. The van der Waals surface area contributed by atoms with Gasteiger partial charge in [-0.2, -0.15) is 0 Å². The fraction of sp³-hybridized carbons (Fsp3) is 0.130. The number of halogens is 1. The Morgan fingerprint density at radius 2 is 1.07 bits per heavy atom. The van der Waals surface area contributed by atoms with Gasteiger partial charge in [-0.25, -0.2) is 0 Å². The quantitative estimate of drug-likeness (QED) is 0.640. The molecule has 2 amide bonds. The molecule has 4 nitrogen and oxygen atoms in total. The van der Waals surface area contributed by atoms with Crippen molar-refractivity contribution in [3.05, 3.63) is 107 Å². The summed E-state index contributed by atoms with van der Waals surface area (Å²) in [6, 6.07) is 25.3. The van der Waals surface area contributed by atoms with Crippen molar-refractivity contribution in [2.24, 2.45) is 0 Å². The largest absolute Gasteiger partial charge is 0.309 e. The summed E-state index contributed by atoms with van der Waals surface area (Å²) in [5, 5.41) is 3.42. The number of carbonyl (C=O) groups is 2. The van der Waals surface area contributed by atoms with E-state index in [0.29, 0.717) is 17.7 Å². The van der Waals surface area contributed by atoms with Crippen molar-refractivity contribution in [1.82, 2.24) is 10.2 Å². The molecule has 3 aromatic rings. The van der Waals surface area contributed by atoms with Crippen LogP contribution in [0.15, 0.2) is 78.9 Å². The van der Waals surface area contributed by atoms with Gasteiger partial charge >= 0.3 is 0 Å². The second-order valence-corrected chi connectivity index (χ2v) is 6.65. The number of amides is 2. The molecule has 1 N–H and O–H groups in total. The van der Waals surface area contributed by atoms with Crippen LogP contribution in [0.4, 0.5) is 0 Å². The highest BCUT2D eigenvalue weighted by Gasteiger charge is 2.34. The fourth-order valence-electron chi connectivity index (χ4n) is 3.27. The molecular weight excluding hydrogens is 372 g/mol. The lowest BCUT2D eigenvalue weighted by molar-refractivity contribution is 0.0642. The molecule has 0 radical (unpaired) electrons. The molecule has 0 unspecified atom stereocenters. The van der Waals surface area contributed by atoms with Gasteiger partial charge in [0.05, 0.1) is 17.7 Å². The highest BCUT2D eigenvalue weighted by Crippen LogP contribution is 2.24. The maximum atomic E-state index is 12.4. The molecule has 1 aliphatic rings. The smallest absolute Gasteiger partial charge is 0.261 e. The van der Waals surface area contributed by atoms with Crippen LogP contribution in [0.1, 0.15) is 37.4 Å². The summed E-state index contributed by atoms with van der Waals surface area (Å²) in [4.78, 5) is 26.2. The zero-order chi connectivity index (χ0) is 18.6. The number of carbonyl (C=O) groups excluding carboxylic acids is 2. The summed E-state index contributed by atoms with van der Waals surface area (Å²) in [5.74, 6) is -0.437. The third-order valence-electron chi connectivity index (χ3n) is 4.74. The van der Waals surface area contributed by atoms with Crippen LogP contribution >= 0.6 is 12.4 Å². The van der Waals surface area contributed by atoms with Crippen LogP contribution in [-0.2, 0) is 19.6 Å². The van der Waals surface area contributed by atoms with E-state index >= 15 is 0 Å². The Labute approximate surface area is 170 Å². The van der Waals surface area contributed by atoms with Crippen molar-refractivity contribution in [1.29, 1.82) is 0 Å². The minimum absolute atomic E-state index is 0. The van der Waals surface area contributed by atoms with Gasteiger partial charge in [-0.1, -0.05) is 66.7 Å². The first kappa shape index (κ1) is 19.8. The van der Waals surface area contributed by atoms with E-state index in [1.54, 1.807) is 24.3 Å². The van der Waals surface area contributed by atoms with Crippen molar-refractivity contribution in [3.63, 3.8) is 0 Å². The van der Waals surface area contributed by atoms with E-state index in [9.17, 15) is 9.59 Å². The predicted molar refractivity (Wildman–Crippen MR) is 111 cm³/mol. The Morgan fingerprint density at radius 3 is 1.64 bits per heavy atom. The molecule has 0 saturated carbocycles. The summed E-state index contributed by atoms with van der Waals surface area (Å²) in [7, 11) is 0. The van der Waals surface area contributed by atoms with Gasteiger partial charge in [0.25, 0.3) is 11.8 Å². The van der Waals surface area contributed by atoms with Gasteiger partial charge in [-0.05, 0) is 28.8 Å². The maximum absolute atomic E-state index is 12.4. The lowest BCUT2D eigenvalue weighted by Gasteiger charge is -2.14. The number of fused-ring (bicyclic) bond motifs is 1. The van der Waals surface area contributed by atoms with Gasteiger partial charge in [0, 0.05) is 13.1 Å². The standard InChI is InChI=1S/C23H20N2O2.ClH/c26-22-20-8-4-5-9-21(20)23(27)25(22)16-19-12-10-18(11-13-19)15-24-14-17-6-2-1-3-7-17;/h1-13,24H,14-16H2;1H. The van der Waals surface area contributed by atoms with Gasteiger partial charge in [0.15, 0.2) is 0 Å². The van der Waals surface area contributed by atoms with Gasteiger partial charge in [0.2, 0.25) is 0 Å². The molecule has 0 aliphatic carbocycles. The molecule has 0 saturated heterocycles. The third-order valence-corrected chi connectivity index (χ3v) is 4.74. The highest BCUT2D eigenvalue weighted by molar-refractivity contribution is 6.21. The number of nitrogens with one attached hydrogen (secondary N) is 1. The molecule has 0 aromatic heterocycles. The number of hydrogen-bond acceptors (Lipinski definition) is 3. The number of benzene rings is 3. The second kappa shape index (κ2) is 8.83. The summed E-state index contributed by atoms with van der Waals surface area (Å²) >= 11 is 0. The first-order valence-electron chi connectivity index (χ1n) is 9.00. The Balaban J connectivity index is 0.00000225. The average Bonchev–Trinajstić information content (AvgIpc) is 2.95. The van der Waals surface area contributed by atoms with Crippen molar-refractivity contribution >= 4 is 24.2 Å². The van der Waals surface area contributed by atoms with Gasteiger partial charge < -0.3 is 5.32 Å². The molecule has 4 rings (SSSR count). The van der Waals surface area contributed by atoms with Gasteiger partial charge in [-0.3, -0.25) is 14.5 Å². The van der Waals surface area contributed by atoms with Gasteiger partial charge in [-0.15, -0.1) is 12.4 Å². The lowest BCUT2D eigenvalue weighted by Crippen LogP contribution is -2.29. The normalized spacial score (nSPS) is 12.6. The van der Waals surface area contributed by atoms with Crippen LogP contribution < -0.4 is 5.32 Å². The molecule has 142 valence electrons. The number of hydrogen-bond donors (Lipinski definition) is 1. The predicted octanol–water partition coefficient (Wildman–Crippen LogP) is 4.19. The van der Waals surface area contributed by atoms with Crippen molar-refractivity contribution in [2.75, 3.05) is 0 Å². The number of rotatable bonds is 6. The minimum Gasteiger partial charge on any atom is -0.309 e. The summed E-state index contributed by atoms with van der Waals surface area (Å²) < 4.78 is 0. The van der Waals surface area contributed by atoms with E-state index in [-0.39, 0.29) is 24.2 Å². The molecule has 3 aromatic carbocycles. The van der Waals surface area contributed by atoms with Crippen molar-refractivity contribution < 1.29 is 9.59 Å². The summed E-state index contributed by atoms with van der Waals surface area (Å²) in [5.41, 5.74) is 4.33. The molecule has 0 fully saturated rings. The van der Waals surface area contributed by atoms with E-state index in [1.165, 1.54) is 10.5 Å². The molecule has 5 heteroatoms. The fourth-order valence-corrected chi connectivity index (χ4v) is 3.27. The first-order chi connectivity index (χ1) is 13.2. The van der Waals surface area contributed by atoms with Crippen molar-refractivity contribution in [2.45, 2.75) is 19.6 Å². The SMILES string of the molecule is Cl.O=C1c2ccccc2C(=O)N1Cc1ccc(CNCc2ccccc2)cc1. The first-order valence-corrected chi connectivity index (χ1v) is 9.00. The van der Waals surface area contributed by atoms with E-state index in [2.05, 4.69) is 17.4 Å². The topological polar surface area (TPSA) is 49.4 Å². The maximum Gasteiger partial charge on any atom is 0.261 e. The molecule has 1 aliphatic heterocycles. The Kier molecular flexibility index (Phi) is 6.24. The van der Waals surface area contributed by atoms with Gasteiger partial charge in [0.1, 0.15) is 0 Å². The zero-order valence-electron chi connectivity index (χ0n) is 15.3. The van der Waals surface area contributed by atoms with E-state index < -0.39 is 0 Å². The van der Waals surface area contributed by atoms with Crippen LogP contribution in [0.3, 0.4) is 0 Å². The third kappa shape index (κ3) is 4.14. The molecule has 0 atom stereocenters. The molecule has 1 heterocycles. The van der Waals surface area contributed by atoms with Crippen LogP contribution in [0.2, 0.25) is 0 Å². The Bertz CT molecular complexity index is 936. The summed E-state index contributed by atoms with van der Waals surface area (Å²) in [6.07, 6.45) is 0. The van der Waals surface area contributed by atoms with Crippen LogP contribution in [0, 0.1) is 0 Å². The molecular formula is C23H21ClN2O2. The van der Waals surface area contributed by atoms with E-state index in [4.69, 9.17) is 0 Å². The average molecular weight is 393 g/mol. The monoisotopic (exact) mass is 392 g/mol. The Hall–Kier alpha value is -2.95. The van der Waals surface area contributed by atoms with E-state index in [1.807, 2.05) is 42.5 Å².